The van der Waals surface area contributed by atoms with Crippen LogP contribution in [0.5, 0.6) is 0 Å². The van der Waals surface area contributed by atoms with Crippen molar-refractivity contribution in [2.45, 2.75) is 6.42 Å². The molecule has 0 aromatic heterocycles. The monoisotopic (exact) mass is 313 g/mol. The Labute approximate surface area is 114 Å². The summed E-state index contributed by atoms with van der Waals surface area (Å²) in [7, 11) is 3.22. The highest BCUT2D eigenvalue weighted by atomic mass is 79.9. The number of nitrogens with two attached hydrogens (primary N) is 1. The Balaban J connectivity index is 2.74. The van der Waals surface area contributed by atoms with Crippen LogP contribution in [-0.2, 0) is 4.79 Å². The molecule has 0 radical (unpaired) electrons. The van der Waals surface area contributed by atoms with Gasteiger partial charge in [0.2, 0.25) is 5.91 Å². The molecule has 0 unspecified atom stereocenters. The van der Waals surface area contributed by atoms with Crippen LogP contribution >= 0.6 is 15.9 Å². The van der Waals surface area contributed by atoms with E-state index in [-0.39, 0.29) is 18.2 Å². The SMILES string of the molecule is CNC(=O)CCN(C)C(=O)c1cccc(N)c1Br. The lowest BCUT2D eigenvalue weighted by Gasteiger charge is -2.18. The molecule has 0 aliphatic rings. The lowest BCUT2D eigenvalue weighted by Crippen LogP contribution is -2.31. The van der Waals surface area contributed by atoms with Crippen LogP contribution in [0.2, 0.25) is 0 Å². The van der Waals surface area contributed by atoms with Gasteiger partial charge >= 0.3 is 0 Å². The van der Waals surface area contributed by atoms with Crippen molar-refractivity contribution in [2.24, 2.45) is 0 Å². The van der Waals surface area contributed by atoms with Crippen molar-refractivity contribution in [2.75, 3.05) is 26.4 Å². The molecule has 0 saturated carbocycles. The van der Waals surface area contributed by atoms with Gasteiger partial charge in [0.05, 0.1) is 10.0 Å². The van der Waals surface area contributed by atoms with Crippen molar-refractivity contribution in [3.05, 3.63) is 28.2 Å². The zero-order valence-corrected chi connectivity index (χ0v) is 12.0. The molecular formula is C12H16BrN3O2. The summed E-state index contributed by atoms with van der Waals surface area (Å²) in [5, 5.41) is 2.51. The Morgan fingerprint density at radius 1 is 1.44 bits per heavy atom. The third-order valence-electron chi connectivity index (χ3n) is 2.56. The zero-order valence-electron chi connectivity index (χ0n) is 10.4. The summed E-state index contributed by atoms with van der Waals surface area (Å²) in [5.74, 6) is -0.264. The fourth-order valence-corrected chi connectivity index (χ4v) is 1.85. The Morgan fingerprint density at radius 3 is 2.72 bits per heavy atom. The maximum absolute atomic E-state index is 12.1. The van der Waals surface area contributed by atoms with Gasteiger partial charge < -0.3 is 16.0 Å². The van der Waals surface area contributed by atoms with Crippen LogP contribution in [0.1, 0.15) is 16.8 Å². The average molecular weight is 314 g/mol. The first-order chi connectivity index (χ1) is 8.47. The third-order valence-corrected chi connectivity index (χ3v) is 3.44. The van der Waals surface area contributed by atoms with E-state index in [1.54, 1.807) is 32.3 Å². The summed E-state index contributed by atoms with van der Waals surface area (Å²) in [5.41, 5.74) is 6.73. The molecule has 3 N–H and O–H groups in total. The number of halogens is 1. The predicted molar refractivity (Wildman–Crippen MR) is 74.2 cm³/mol. The number of nitrogen functional groups attached to an aromatic ring is 1. The van der Waals surface area contributed by atoms with Crippen LogP contribution in [0.4, 0.5) is 5.69 Å². The van der Waals surface area contributed by atoms with E-state index in [1.165, 1.54) is 4.90 Å². The van der Waals surface area contributed by atoms with Crippen LogP contribution < -0.4 is 11.1 Å². The summed E-state index contributed by atoms with van der Waals surface area (Å²) >= 11 is 3.29. The first kappa shape index (κ1) is 14.5. The molecule has 0 spiro atoms. The van der Waals surface area contributed by atoms with Gasteiger partial charge in [-0.1, -0.05) is 6.07 Å². The minimum Gasteiger partial charge on any atom is -0.398 e. The predicted octanol–water partition coefficient (Wildman–Crippen LogP) is 1.24. The Hall–Kier alpha value is -1.56. The fourth-order valence-electron chi connectivity index (χ4n) is 1.42. The highest BCUT2D eigenvalue weighted by Crippen LogP contribution is 2.24. The minimum atomic E-state index is -0.168. The Morgan fingerprint density at radius 2 is 2.11 bits per heavy atom. The number of hydrogen-bond acceptors (Lipinski definition) is 3. The second-order valence-electron chi connectivity index (χ2n) is 3.86. The molecule has 0 atom stereocenters. The molecule has 1 aromatic carbocycles. The van der Waals surface area contributed by atoms with Crippen molar-refractivity contribution in [3.8, 4) is 0 Å². The van der Waals surface area contributed by atoms with E-state index < -0.39 is 0 Å². The number of benzene rings is 1. The summed E-state index contributed by atoms with van der Waals surface area (Å²) < 4.78 is 0.585. The van der Waals surface area contributed by atoms with Crippen LogP contribution in [0.3, 0.4) is 0 Å². The highest BCUT2D eigenvalue weighted by Gasteiger charge is 2.16. The first-order valence-electron chi connectivity index (χ1n) is 5.47. The quantitative estimate of drug-likeness (QED) is 0.821. The van der Waals surface area contributed by atoms with Crippen molar-refractivity contribution < 1.29 is 9.59 Å². The molecule has 2 amide bonds. The second-order valence-corrected chi connectivity index (χ2v) is 4.65. The van der Waals surface area contributed by atoms with E-state index in [1.807, 2.05) is 0 Å². The number of carbonyl (C=O) groups excluding carboxylic acids is 2. The van der Waals surface area contributed by atoms with Crippen LogP contribution in [0.25, 0.3) is 0 Å². The summed E-state index contributed by atoms with van der Waals surface area (Å²) in [6.45, 7) is 0.361. The van der Waals surface area contributed by atoms with E-state index in [0.717, 1.165) is 0 Å². The van der Waals surface area contributed by atoms with Gasteiger partial charge in [0.1, 0.15) is 0 Å². The smallest absolute Gasteiger partial charge is 0.254 e. The molecular weight excluding hydrogens is 298 g/mol. The van der Waals surface area contributed by atoms with Gasteiger partial charge in [0, 0.05) is 32.7 Å². The maximum Gasteiger partial charge on any atom is 0.254 e. The molecule has 18 heavy (non-hydrogen) atoms. The fraction of sp³-hybridized carbons (Fsp3) is 0.333. The van der Waals surface area contributed by atoms with Gasteiger partial charge in [0.15, 0.2) is 0 Å². The number of anilines is 1. The average Bonchev–Trinajstić information content (AvgIpc) is 2.37. The molecule has 0 saturated heterocycles. The number of nitrogens with one attached hydrogen (secondary N) is 1. The molecule has 0 aliphatic carbocycles. The van der Waals surface area contributed by atoms with Crippen molar-refractivity contribution in [1.29, 1.82) is 0 Å². The zero-order chi connectivity index (χ0) is 13.7. The lowest BCUT2D eigenvalue weighted by molar-refractivity contribution is -0.120. The summed E-state index contributed by atoms with van der Waals surface area (Å²) in [6.07, 6.45) is 0.276. The number of amides is 2. The molecule has 98 valence electrons. The van der Waals surface area contributed by atoms with Gasteiger partial charge in [-0.3, -0.25) is 9.59 Å². The van der Waals surface area contributed by atoms with E-state index in [0.29, 0.717) is 22.3 Å². The van der Waals surface area contributed by atoms with E-state index >= 15 is 0 Å². The van der Waals surface area contributed by atoms with Crippen LogP contribution in [0, 0.1) is 0 Å². The third kappa shape index (κ3) is 3.46. The molecule has 0 aliphatic heterocycles. The van der Waals surface area contributed by atoms with E-state index in [2.05, 4.69) is 21.2 Å². The summed E-state index contributed by atoms with van der Waals surface area (Å²) in [6, 6.07) is 5.13. The molecule has 1 rings (SSSR count). The maximum atomic E-state index is 12.1. The van der Waals surface area contributed by atoms with Gasteiger partial charge in [-0.15, -0.1) is 0 Å². The van der Waals surface area contributed by atoms with E-state index in [4.69, 9.17) is 5.73 Å². The summed E-state index contributed by atoms with van der Waals surface area (Å²) in [4.78, 5) is 24.7. The molecule has 1 aromatic rings. The van der Waals surface area contributed by atoms with Gasteiger partial charge in [-0.2, -0.15) is 0 Å². The highest BCUT2D eigenvalue weighted by molar-refractivity contribution is 9.10. The van der Waals surface area contributed by atoms with Gasteiger partial charge in [0.25, 0.3) is 5.91 Å². The molecule has 5 nitrogen and oxygen atoms in total. The van der Waals surface area contributed by atoms with Crippen molar-refractivity contribution in [1.82, 2.24) is 10.2 Å². The van der Waals surface area contributed by atoms with Gasteiger partial charge in [-0.25, -0.2) is 0 Å². The molecule has 0 fully saturated rings. The van der Waals surface area contributed by atoms with Crippen molar-refractivity contribution in [3.63, 3.8) is 0 Å². The number of nitrogens with zero attached hydrogens (tertiary/aromatic N) is 1. The standard InChI is InChI=1S/C12H16BrN3O2/c1-15-10(17)6-7-16(2)12(18)8-4-3-5-9(14)11(8)13/h3-5H,6-7,14H2,1-2H3,(H,15,17). The second kappa shape index (κ2) is 6.39. The molecule has 0 heterocycles. The number of hydrogen-bond donors (Lipinski definition) is 2. The van der Waals surface area contributed by atoms with Crippen LogP contribution in [-0.4, -0.2) is 37.4 Å². The Kier molecular flexibility index (Phi) is 5.15. The Bertz CT molecular complexity index is 463. The molecule has 6 heteroatoms. The van der Waals surface area contributed by atoms with Crippen molar-refractivity contribution >= 4 is 33.4 Å². The lowest BCUT2D eigenvalue weighted by atomic mass is 10.2. The normalized spacial score (nSPS) is 9.94. The largest absolute Gasteiger partial charge is 0.398 e. The minimum absolute atomic E-state index is 0.0960. The topological polar surface area (TPSA) is 75.4 Å². The van der Waals surface area contributed by atoms with E-state index in [9.17, 15) is 9.59 Å². The van der Waals surface area contributed by atoms with Crippen LogP contribution in [0.15, 0.2) is 22.7 Å². The number of carbonyl (C=O) groups is 2. The van der Waals surface area contributed by atoms with Gasteiger partial charge in [-0.05, 0) is 28.1 Å². The molecule has 0 bridgehead atoms. The number of rotatable bonds is 4. The first-order valence-corrected chi connectivity index (χ1v) is 6.26.